The maximum atomic E-state index is 11.7. The van der Waals surface area contributed by atoms with Gasteiger partial charge < -0.3 is 15.2 Å². The standard InChI is InChI=1S/C13H14ClNO6S/c14-8-1-2-11(10(5-8)13(17)18)21-6-12(16)15-9-3-4-22(19,20)7-9/h1-2,5,9H,3-4,6-7H2,(H,15,16)(H,17,18)/t9-/m1/s1. The van der Waals surface area contributed by atoms with Crippen LogP contribution in [0.2, 0.25) is 5.02 Å². The van der Waals surface area contributed by atoms with Crippen LogP contribution >= 0.6 is 11.6 Å². The average molecular weight is 348 g/mol. The summed E-state index contributed by atoms with van der Waals surface area (Å²) in [6.07, 6.45) is 0.370. The number of carbonyl (C=O) groups excluding carboxylic acids is 1. The fourth-order valence-corrected chi connectivity index (χ4v) is 3.96. The van der Waals surface area contributed by atoms with Crippen LogP contribution < -0.4 is 10.1 Å². The Hall–Kier alpha value is -1.80. The molecule has 0 spiro atoms. The molecular formula is C13H14ClNO6S. The molecule has 1 aromatic carbocycles. The number of carboxylic acid groups (broad SMARTS) is 1. The highest BCUT2D eigenvalue weighted by Crippen LogP contribution is 2.23. The Morgan fingerprint density at radius 3 is 2.73 bits per heavy atom. The topological polar surface area (TPSA) is 110 Å². The van der Waals surface area contributed by atoms with E-state index in [0.717, 1.165) is 0 Å². The minimum atomic E-state index is -3.08. The lowest BCUT2D eigenvalue weighted by molar-refractivity contribution is -0.123. The van der Waals surface area contributed by atoms with Crippen molar-refractivity contribution in [3.05, 3.63) is 28.8 Å². The molecule has 7 nitrogen and oxygen atoms in total. The number of nitrogens with one attached hydrogen (secondary N) is 1. The number of hydrogen-bond donors (Lipinski definition) is 2. The van der Waals surface area contributed by atoms with Gasteiger partial charge in [-0.25, -0.2) is 13.2 Å². The third kappa shape index (κ3) is 4.35. The molecule has 22 heavy (non-hydrogen) atoms. The lowest BCUT2D eigenvalue weighted by atomic mass is 10.2. The Bertz CT molecular complexity index is 702. The number of amides is 1. The number of ether oxygens (including phenoxy) is 1. The molecule has 1 aliphatic heterocycles. The second kappa shape index (κ2) is 6.53. The van der Waals surface area contributed by atoms with Crippen molar-refractivity contribution in [3.63, 3.8) is 0 Å². The highest BCUT2D eigenvalue weighted by molar-refractivity contribution is 7.91. The number of halogens is 1. The van der Waals surface area contributed by atoms with Crippen molar-refractivity contribution in [1.82, 2.24) is 5.32 Å². The van der Waals surface area contributed by atoms with Crippen molar-refractivity contribution in [1.29, 1.82) is 0 Å². The molecule has 1 atom stereocenters. The minimum Gasteiger partial charge on any atom is -0.483 e. The zero-order chi connectivity index (χ0) is 16.3. The van der Waals surface area contributed by atoms with Gasteiger partial charge >= 0.3 is 5.97 Å². The van der Waals surface area contributed by atoms with Crippen molar-refractivity contribution >= 4 is 33.3 Å². The second-order valence-electron chi connectivity index (χ2n) is 4.90. The van der Waals surface area contributed by atoms with Crippen molar-refractivity contribution in [2.24, 2.45) is 0 Å². The fraction of sp³-hybridized carbons (Fsp3) is 0.385. The van der Waals surface area contributed by atoms with Crippen LogP contribution in [0.1, 0.15) is 16.8 Å². The molecule has 1 fully saturated rings. The summed E-state index contributed by atoms with van der Waals surface area (Å²) in [6.45, 7) is -0.404. The average Bonchev–Trinajstić information content (AvgIpc) is 2.76. The molecule has 1 amide bonds. The highest BCUT2D eigenvalue weighted by atomic mass is 35.5. The Balaban J connectivity index is 1.93. The van der Waals surface area contributed by atoms with Crippen LogP contribution in [0, 0.1) is 0 Å². The van der Waals surface area contributed by atoms with Crippen LogP contribution in [0.15, 0.2) is 18.2 Å². The van der Waals surface area contributed by atoms with Crippen molar-refractivity contribution in [2.75, 3.05) is 18.1 Å². The van der Waals surface area contributed by atoms with Crippen LogP contribution in [-0.2, 0) is 14.6 Å². The summed E-state index contributed by atoms with van der Waals surface area (Å²) >= 11 is 5.71. The molecule has 0 radical (unpaired) electrons. The molecule has 0 aliphatic carbocycles. The number of carbonyl (C=O) groups is 2. The van der Waals surface area contributed by atoms with E-state index < -0.39 is 34.4 Å². The summed E-state index contributed by atoms with van der Waals surface area (Å²) in [6, 6.07) is 3.61. The van der Waals surface area contributed by atoms with Crippen LogP contribution in [-0.4, -0.2) is 49.6 Å². The molecule has 2 N–H and O–H groups in total. The van der Waals surface area contributed by atoms with E-state index in [4.69, 9.17) is 21.4 Å². The van der Waals surface area contributed by atoms with E-state index in [1.165, 1.54) is 18.2 Å². The van der Waals surface area contributed by atoms with Gasteiger partial charge in [0, 0.05) is 11.1 Å². The van der Waals surface area contributed by atoms with Gasteiger partial charge in [-0.15, -0.1) is 0 Å². The summed E-state index contributed by atoms with van der Waals surface area (Å²) in [7, 11) is -3.08. The highest BCUT2D eigenvalue weighted by Gasteiger charge is 2.29. The Labute approximate surface area is 132 Å². The normalized spacial score (nSPS) is 19.6. The van der Waals surface area contributed by atoms with E-state index >= 15 is 0 Å². The molecule has 1 saturated heterocycles. The minimum absolute atomic E-state index is 0.0195. The molecule has 0 bridgehead atoms. The SMILES string of the molecule is O=C(COc1ccc(Cl)cc1C(=O)O)N[C@@H]1CCS(=O)(=O)C1. The fourth-order valence-electron chi connectivity index (χ4n) is 2.12. The smallest absolute Gasteiger partial charge is 0.339 e. The van der Waals surface area contributed by atoms with E-state index in [-0.39, 0.29) is 27.8 Å². The third-order valence-corrected chi connectivity index (χ3v) is 5.13. The van der Waals surface area contributed by atoms with E-state index in [1.54, 1.807) is 0 Å². The molecule has 1 heterocycles. The Morgan fingerprint density at radius 1 is 1.41 bits per heavy atom. The van der Waals surface area contributed by atoms with Gasteiger partial charge in [-0.05, 0) is 24.6 Å². The predicted octanol–water partition coefficient (Wildman–Crippen LogP) is 0.720. The number of carboxylic acids is 1. The molecule has 0 aromatic heterocycles. The third-order valence-electron chi connectivity index (χ3n) is 3.13. The quantitative estimate of drug-likeness (QED) is 0.812. The van der Waals surface area contributed by atoms with Gasteiger partial charge in [-0.3, -0.25) is 4.79 Å². The van der Waals surface area contributed by atoms with Crippen LogP contribution in [0.4, 0.5) is 0 Å². The van der Waals surface area contributed by atoms with Gasteiger partial charge in [0.05, 0.1) is 11.5 Å². The summed E-state index contributed by atoms with van der Waals surface area (Å²) in [5.74, 6) is -1.74. The number of sulfone groups is 1. The summed E-state index contributed by atoms with van der Waals surface area (Å²) in [4.78, 5) is 22.8. The summed E-state index contributed by atoms with van der Waals surface area (Å²) < 4.78 is 27.8. The van der Waals surface area contributed by atoms with Gasteiger partial charge in [0.25, 0.3) is 5.91 Å². The van der Waals surface area contributed by atoms with Crippen LogP contribution in [0.5, 0.6) is 5.75 Å². The maximum absolute atomic E-state index is 11.7. The van der Waals surface area contributed by atoms with Crippen molar-refractivity contribution < 1.29 is 27.9 Å². The lowest BCUT2D eigenvalue weighted by Gasteiger charge is -2.12. The molecule has 2 rings (SSSR count). The molecule has 1 aliphatic rings. The Morgan fingerprint density at radius 2 is 2.14 bits per heavy atom. The first kappa shape index (κ1) is 16.6. The van der Waals surface area contributed by atoms with Gasteiger partial charge in [0.2, 0.25) is 0 Å². The van der Waals surface area contributed by atoms with Crippen molar-refractivity contribution in [2.45, 2.75) is 12.5 Å². The molecule has 120 valence electrons. The summed E-state index contributed by atoms with van der Waals surface area (Å²) in [5, 5.41) is 11.8. The molecular weight excluding hydrogens is 334 g/mol. The zero-order valence-electron chi connectivity index (χ0n) is 11.4. The number of aromatic carboxylic acids is 1. The second-order valence-corrected chi connectivity index (χ2v) is 7.57. The first-order valence-electron chi connectivity index (χ1n) is 6.42. The monoisotopic (exact) mass is 347 g/mol. The van der Waals surface area contributed by atoms with Gasteiger partial charge in [0.1, 0.15) is 11.3 Å². The largest absolute Gasteiger partial charge is 0.483 e. The molecule has 0 saturated carbocycles. The Kier molecular flexibility index (Phi) is 4.92. The first-order valence-corrected chi connectivity index (χ1v) is 8.62. The molecule has 0 unspecified atom stereocenters. The van der Waals surface area contributed by atoms with E-state index in [9.17, 15) is 18.0 Å². The van der Waals surface area contributed by atoms with E-state index in [1.807, 2.05) is 0 Å². The van der Waals surface area contributed by atoms with Gasteiger partial charge in [-0.2, -0.15) is 0 Å². The van der Waals surface area contributed by atoms with Crippen LogP contribution in [0.3, 0.4) is 0 Å². The molecule has 9 heteroatoms. The first-order chi connectivity index (χ1) is 10.3. The van der Waals surface area contributed by atoms with Gasteiger partial charge in [0.15, 0.2) is 16.4 Å². The number of rotatable bonds is 5. The van der Waals surface area contributed by atoms with E-state index in [0.29, 0.717) is 6.42 Å². The predicted molar refractivity (Wildman–Crippen MR) is 79.1 cm³/mol. The lowest BCUT2D eigenvalue weighted by Crippen LogP contribution is -2.38. The number of benzene rings is 1. The summed E-state index contributed by atoms with van der Waals surface area (Å²) in [5.41, 5.74) is -0.149. The van der Waals surface area contributed by atoms with E-state index in [2.05, 4.69) is 5.32 Å². The van der Waals surface area contributed by atoms with Crippen molar-refractivity contribution in [3.8, 4) is 5.75 Å². The maximum Gasteiger partial charge on any atom is 0.339 e. The zero-order valence-corrected chi connectivity index (χ0v) is 13.0. The number of hydrogen-bond acceptors (Lipinski definition) is 5. The van der Waals surface area contributed by atoms with Gasteiger partial charge in [-0.1, -0.05) is 11.6 Å². The molecule has 1 aromatic rings. The van der Waals surface area contributed by atoms with Crippen LogP contribution in [0.25, 0.3) is 0 Å².